The maximum absolute atomic E-state index is 9.47. The van der Waals surface area contributed by atoms with Gasteiger partial charge in [0.25, 0.3) is 0 Å². The molecule has 796 valence electrons. The smallest absolute Gasteiger partial charge is 0.0933 e. The zero-order valence-corrected chi connectivity index (χ0v) is 103. The van der Waals surface area contributed by atoms with E-state index in [1.807, 2.05) is 41.5 Å². The Labute approximate surface area is 924 Å². The van der Waals surface area contributed by atoms with Crippen LogP contribution in [0.4, 0.5) is 0 Å². The third-order valence-electron chi connectivity index (χ3n) is 22.9. The number of aryl methyl sites for hydroxylation is 8. The van der Waals surface area contributed by atoms with Gasteiger partial charge in [-0.3, -0.25) is 19.9 Å². The van der Waals surface area contributed by atoms with Gasteiger partial charge in [-0.15, -0.1) is 140 Å². The van der Waals surface area contributed by atoms with Gasteiger partial charge in [-0.25, -0.2) is 0 Å². The van der Waals surface area contributed by atoms with Crippen molar-refractivity contribution in [3.8, 4) is 45.0 Å². The van der Waals surface area contributed by atoms with Crippen molar-refractivity contribution in [2.75, 3.05) is 0 Å². The molecule has 0 spiro atoms. The van der Waals surface area contributed by atoms with Crippen molar-refractivity contribution in [3.05, 3.63) is 306 Å². The normalized spacial score (nSPS) is 12.5. The van der Waals surface area contributed by atoms with Crippen LogP contribution in [0.1, 0.15) is 308 Å². The van der Waals surface area contributed by atoms with E-state index in [1.165, 1.54) is 120 Å². The molecule has 0 saturated carbocycles. The monoisotopic (exact) mass is 2670 g/mol. The van der Waals surface area contributed by atoms with Crippen LogP contribution in [-0.4, -0.2) is 85.2 Å². The summed E-state index contributed by atoms with van der Waals surface area (Å²) in [6.45, 7) is 75.4. The Hall–Kier alpha value is -8.00. The number of fused-ring (bicyclic) bond motifs is 4. The molecule has 0 bridgehead atoms. The van der Waals surface area contributed by atoms with Gasteiger partial charge < -0.3 is 40.9 Å². The summed E-state index contributed by atoms with van der Waals surface area (Å²) in [5, 5.41) is 76.2. The summed E-state index contributed by atoms with van der Waals surface area (Å²) in [6, 6.07) is 67.0. The fraction of sp³-hybridized carbons (Fsp3) is 0.469. The summed E-state index contributed by atoms with van der Waals surface area (Å²) in [4.78, 5) is 19.9. The molecule has 4 heterocycles. The number of pyridine rings is 4. The number of benzene rings is 8. The van der Waals surface area contributed by atoms with E-state index < -0.39 is 24.4 Å². The number of hydrogen-bond donors (Lipinski definition) is 8. The molecule has 4 unspecified atom stereocenters. The second-order valence-electron chi connectivity index (χ2n) is 43.8. The number of allylic oxidation sites excluding steroid dienone is 4. The summed E-state index contributed by atoms with van der Waals surface area (Å²) in [7, 11) is 0. The summed E-state index contributed by atoms with van der Waals surface area (Å²) in [5.74, 6) is 7.02. The molecule has 0 aliphatic rings. The molecule has 16 heteroatoms. The van der Waals surface area contributed by atoms with Crippen LogP contribution >= 0.6 is 0 Å². The fourth-order valence-electron chi connectivity index (χ4n) is 17.0. The van der Waals surface area contributed by atoms with Crippen LogP contribution in [0, 0.1) is 139 Å². The van der Waals surface area contributed by atoms with Crippen molar-refractivity contribution < 1.29 is 121 Å². The third-order valence-corrected chi connectivity index (χ3v) is 22.9. The molecule has 12 nitrogen and oxygen atoms in total. The molecule has 0 fully saturated rings. The zero-order chi connectivity index (χ0) is 105. The van der Waals surface area contributed by atoms with Gasteiger partial charge in [0.1, 0.15) is 0 Å². The Morgan fingerprint density at radius 1 is 0.292 bits per heavy atom. The second-order valence-corrected chi connectivity index (χ2v) is 43.8. The number of aromatic nitrogens is 4. The first kappa shape index (κ1) is 134. The molecule has 8 aromatic carbocycles. The second kappa shape index (κ2) is 65.8. The van der Waals surface area contributed by atoms with Gasteiger partial charge in [0.05, 0.1) is 69.5 Å². The first-order valence-electron chi connectivity index (χ1n) is 51.4. The van der Waals surface area contributed by atoms with Crippen molar-refractivity contribution in [1.29, 1.82) is 0 Å². The Balaban J connectivity index is 0.000000852. The summed E-state index contributed by atoms with van der Waals surface area (Å²) >= 11 is 0. The van der Waals surface area contributed by atoms with Crippen LogP contribution in [0.5, 0.6) is 0 Å². The molecule has 4 radical (unpaired) electrons. The van der Waals surface area contributed by atoms with E-state index in [0.717, 1.165) is 128 Å². The van der Waals surface area contributed by atoms with Gasteiger partial charge in [-0.05, 0) is 299 Å². The molecule has 0 aliphatic carbocycles. The van der Waals surface area contributed by atoms with Crippen molar-refractivity contribution in [2.45, 2.75) is 337 Å². The molecule has 0 saturated heterocycles. The molecule has 12 rings (SSSR count). The molecule has 144 heavy (non-hydrogen) atoms. The van der Waals surface area contributed by atoms with Crippen LogP contribution < -0.4 is 0 Å². The van der Waals surface area contributed by atoms with E-state index >= 15 is 0 Å². The molecule has 0 amide bonds. The predicted octanol–water partition coefficient (Wildman–Crippen LogP) is 33.3. The molecule has 0 aliphatic heterocycles. The Kier molecular flexibility index (Phi) is 61.2. The van der Waals surface area contributed by atoms with E-state index in [4.69, 9.17) is 40.4 Å². The molecule has 12 aromatic rings. The average molecular weight is 2670 g/mol. The molecular weight excluding hydrogens is 2490 g/mol. The summed E-state index contributed by atoms with van der Waals surface area (Å²) < 4.78 is 0. The van der Waals surface area contributed by atoms with E-state index in [9.17, 15) is 20.4 Å². The van der Waals surface area contributed by atoms with Gasteiger partial charge in [-0.2, -0.15) is 0 Å². The largest absolute Gasteiger partial charge is 0.513 e. The predicted molar refractivity (Wildman–Crippen MR) is 600 cm³/mol. The zero-order valence-electron chi connectivity index (χ0n) is 93.8. The van der Waals surface area contributed by atoms with Gasteiger partial charge in [0.15, 0.2) is 0 Å². The van der Waals surface area contributed by atoms with Gasteiger partial charge in [-0.1, -0.05) is 270 Å². The Morgan fingerprint density at radius 2 is 0.542 bits per heavy atom. The number of hydrogen-bond acceptors (Lipinski definition) is 12. The van der Waals surface area contributed by atoms with Gasteiger partial charge >= 0.3 is 0 Å². The average Bonchev–Trinajstić information content (AvgIpc) is 0.787. The Morgan fingerprint density at radius 3 is 0.750 bits per heavy atom. The third kappa shape index (κ3) is 49.0. The molecular formula is C128H176Ir4N4O8-4. The topological polar surface area (TPSA) is 213 Å². The first-order chi connectivity index (χ1) is 65.4. The number of aliphatic hydroxyl groups is 8. The maximum atomic E-state index is 9.47. The van der Waals surface area contributed by atoms with Crippen LogP contribution in [0.25, 0.3) is 88.6 Å². The van der Waals surface area contributed by atoms with Crippen LogP contribution in [-0.2, 0) is 119 Å². The van der Waals surface area contributed by atoms with Crippen LogP contribution in [0.15, 0.2) is 193 Å². The van der Waals surface area contributed by atoms with E-state index in [2.05, 4.69) is 350 Å². The number of rotatable bonds is 28. The van der Waals surface area contributed by atoms with Crippen molar-refractivity contribution >= 4 is 43.6 Å². The first-order valence-corrected chi connectivity index (χ1v) is 51.4. The maximum Gasteiger partial charge on any atom is 0.0933 e. The molecule has 4 aromatic heterocycles. The van der Waals surface area contributed by atoms with E-state index in [1.54, 1.807) is 19.9 Å². The van der Waals surface area contributed by atoms with Gasteiger partial charge in [0.2, 0.25) is 0 Å². The minimum atomic E-state index is -0.537. The number of aliphatic hydroxyl groups excluding tert-OH is 8. The molecule has 4 atom stereocenters. The fourth-order valence-corrected chi connectivity index (χ4v) is 17.0. The van der Waals surface area contributed by atoms with Crippen molar-refractivity contribution in [3.63, 3.8) is 0 Å². The quantitative estimate of drug-likeness (QED) is 0.0170. The van der Waals surface area contributed by atoms with Crippen molar-refractivity contribution in [1.82, 2.24) is 19.9 Å². The van der Waals surface area contributed by atoms with E-state index in [0.29, 0.717) is 77.8 Å². The van der Waals surface area contributed by atoms with E-state index in [-0.39, 0.29) is 110 Å². The van der Waals surface area contributed by atoms with Crippen LogP contribution in [0.3, 0.4) is 0 Å². The SMILES string of the molecule is CC(C)C(O)=CC(O)C(C)C.CC(C)CC(O)=CC(O)CC(C)C.CC(O)=CC(C)O.CC(O)=CC(C)O.Cc1[c-]c(-c2ccc3cc(C(C)C)c(C(C)C)cc3n2)cc(C)c1.Cc1[c-]c(-c2ccc3cc(CC(C)C)c(CC(C)C)cc3n2)cc(C)c1.Cc1[c-]c(-c2ccc3cc(CC(C)C)c(CC(C)C)cc3n2)cc(C)c1.Cc1[c-]c(-c2ccc3cc(CC(C)C)c(CC(C)C)cc3n2)cc(C)c1.[Ir].[Ir].[Ir].[Ir]. The summed E-state index contributed by atoms with van der Waals surface area (Å²) in [5.41, 5.74) is 34.0. The number of nitrogens with zero attached hydrogens (tertiary/aromatic N) is 4. The summed E-state index contributed by atoms with van der Waals surface area (Å²) in [6.07, 6.45) is 11.8. The van der Waals surface area contributed by atoms with Crippen molar-refractivity contribution in [2.24, 2.45) is 59.2 Å². The Bertz CT molecular complexity index is 5570. The molecule has 8 N–H and O–H groups in total. The van der Waals surface area contributed by atoms with Gasteiger partial charge in [0, 0.05) is 92.8 Å². The minimum absolute atomic E-state index is 0. The minimum Gasteiger partial charge on any atom is -0.513 e. The standard InChI is InChI=1S/3C25H30N.C23H26N.C11H22O2.C9H18O2.2C5H10O2.4Ir/c3*1-16(2)9-21-14-20-7-8-24(23-12-18(5)11-19(6)13-23)26-25(20)15-22(21)10-17(3)4;1-14(2)20-12-18-7-8-22(19-10-16(5)9-17(6)11-19)24-23(18)13-21(20)15(3)4;1-8(2)5-10(12)7-11(13)6-9(3)4;1-6(2)8(10)5-9(11)7(3)4;2*1-4(6)3-5(2)7;;;;/h3*7-8,11-12,14-17H,9-10H2,1-6H3;7-10,12-15H,1-6H3;7-10,12-13H,5-6H2,1-4H3;5-8,10-11H,1-4H3;2*3-4,6-7H,1-2H3;;;;/q4*-1;;;;;;;;. The van der Waals surface area contributed by atoms with Crippen LogP contribution in [0.2, 0.25) is 0 Å².